The van der Waals surface area contributed by atoms with E-state index in [1.807, 2.05) is 31.2 Å². The Bertz CT molecular complexity index is 907. The van der Waals surface area contributed by atoms with Crippen LogP contribution < -0.4 is 10.2 Å². The molecule has 1 aliphatic rings. The minimum atomic E-state index is -0.303. The van der Waals surface area contributed by atoms with Gasteiger partial charge in [-0.15, -0.1) is 15.3 Å². The summed E-state index contributed by atoms with van der Waals surface area (Å²) in [5.41, 5.74) is 1.53. The Morgan fingerprint density at radius 1 is 1.17 bits per heavy atom. The molecular weight excluding hydrogens is 328 g/mol. The number of carbonyl (C=O) groups excluding carboxylic acids is 1. The molecule has 4 rings (SSSR count). The van der Waals surface area contributed by atoms with Crippen LogP contribution in [0.15, 0.2) is 36.4 Å². The van der Waals surface area contributed by atoms with E-state index in [0.717, 1.165) is 5.69 Å². The molecule has 8 heteroatoms. The van der Waals surface area contributed by atoms with Crippen molar-refractivity contribution in [1.82, 2.24) is 19.8 Å². The molecule has 1 aromatic carbocycles. The quantitative estimate of drug-likeness (QED) is 0.790. The summed E-state index contributed by atoms with van der Waals surface area (Å²) in [6.45, 7) is 2.49. The average molecular weight is 343 g/mol. The SMILES string of the molecule is Cc1nnc2ccc(NC3CCN(c4ccc(Cl)cc4)C3=O)nn12. The molecule has 1 amide bonds. The molecule has 1 N–H and O–H groups in total. The lowest BCUT2D eigenvalue weighted by atomic mass is 10.2. The molecule has 1 saturated heterocycles. The first-order valence-corrected chi connectivity index (χ1v) is 8.02. The summed E-state index contributed by atoms with van der Waals surface area (Å²) in [4.78, 5) is 14.4. The molecule has 7 nitrogen and oxygen atoms in total. The van der Waals surface area contributed by atoms with Crippen LogP contribution >= 0.6 is 11.6 Å². The van der Waals surface area contributed by atoms with Gasteiger partial charge in [-0.1, -0.05) is 11.6 Å². The number of hydrogen-bond donors (Lipinski definition) is 1. The van der Waals surface area contributed by atoms with Gasteiger partial charge in [0.2, 0.25) is 5.91 Å². The van der Waals surface area contributed by atoms with Gasteiger partial charge in [0.15, 0.2) is 11.5 Å². The highest BCUT2D eigenvalue weighted by Crippen LogP contribution is 2.24. The number of nitrogens with one attached hydrogen (secondary N) is 1. The molecule has 0 radical (unpaired) electrons. The summed E-state index contributed by atoms with van der Waals surface area (Å²) < 4.78 is 1.65. The first kappa shape index (κ1) is 14.9. The molecule has 1 fully saturated rings. The van der Waals surface area contributed by atoms with E-state index in [9.17, 15) is 4.79 Å². The van der Waals surface area contributed by atoms with Crippen LogP contribution in [0.1, 0.15) is 12.2 Å². The van der Waals surface area contributed by atoms with Crippen molar-refractivity contribution in [3.05, 3.63) is 47.2 Å². The van der Waals surface area contributed by atoms with Crippen molar-refractivity contribution < 1.29 is 4.79 Å². The van der Waals surface area contributed by atoms with E-state index in [-0.39, 0.29) is 11.9 Å². The Morgan fingerprint density at radius 2 is 1.96 bits per heavy atom. The maximum atomic E-state index is 12.6. The number of rotatable bonds is 3. The predicted molar refractivity (Wildman–Crippen MR) is 91.4 cm³/mol. The fourth-order valence-electron chi connectivity index (χ4n) is 2.84. The minimum Gasteiger partial charge on any atom is -0.357 e. The number of aryl methyl sites for hydroxylation is 1. The monoisotopic (exact) mass is 342 g/mol. The standard InChI is InChI=1S/C16H15ClN6O/c1-10-19-20-15-7-6-14(21-23(10)15)18-13-8-9-22(16(13)24)12-4-2-11(17)3-5-12/h2-7,13H,8-9H2,1H3,(H,18,21). The number of halogens is 1. The molecule has 0 bridgehead atoms. The zero-order chi connectivity index (χ0) is 16.7. The zero-order valence-corrected chi connectivity index (χ0v) is 13.7. The lowest BCUT2D eigenvalue weighted by molar-refractivity contribution is -0.117. The molecule has 0 spiro atoms. The number of aromatic nitrogens is 4. The van der Waals surface area contributed by atoms with Crippen LogP contribution in [-0.4, -0.2) is 38.3 Å². The number of nitrogens with zero attached hydrogens (tertiary/aromatic N) is 5. The van der Waals surface area contributed by atoms with Crippen molar-refractivity contribution in [3.63, 3.8) is 0 Å². The third kappa shape index (κ3) is 2.56. The van der Waals surface area contributed by atoms with Gasteiger partial charge in [-0.05, 0) is 49.7 Å². The second kappa shape index (κ2) is 5.76. The summed E-state index contributed by atoms with van der Waals surface area (Å²) in [6.07, 6.45) is 0.711. The third-order valence-corrected chi connectivity index (χ3v) is 4.34. The summed E-state index contributed by atoms with van der Waals surface area (Å²) in [5, 5.41) is 16.3. The number of amides is 1. The van der Waals surface area contributed by atoms with Crippen LogP contribution in [0.2, 0.25) is 5.02 Å². The molecule has 0 aliphatic carbocycles. The van der Waals surface area contributed by atoms with Gasteiger partial charge >= 0.3 is 0 Å². The van der Waals surface area contributed by atoms with Gasteiger partial charge in [0.25, 0.3) is 0 Å². The van der Waals surface area contributed by atoms with E-state index >= 15 is 0 Å². The van der Waals surface area contributed by atoms with E-state index in [1.54, 1.807) is 21.5 Å². The fraction of sp³-hybridized carbons (Fsp3) is 0.250. The third-order valence-electron chi connectivity index (χ3n) is 4.08. The molecule has 122 valence electrons. The van der Waals surface area contributed by atoms with Gasteiger partial charge in [0.05, 0.1) is 0 Å². The first-order chi connectivity index (χ1) is 11.6. The van der Waals surface area contributed by atoms with Crippen molar-refractivity contribution in [2.24, 2.45) is 0 Å². The highest BCUT2D eigenvalue weighted by Gasteiger charge is 2.32. The molecule has 0 saturated carbocycles. The second-order valence-corrected chi connectivity index (χ2v) is 6.12. The van der Waals surface area contributed by atoms with E-state index in [0.29, 0.717) is 35.3 Å². The summed E-state index contributed by atoms with van der Waals surface area (Å²) in [5.74, 6) is 1.36. The number of hydrogen-bond acceptors (Lipinski definition) is 5. The van der Waals surface area contributed by atoms with Crippen LogP contribution in [0.25, 0.3) is 5.65 Å². The average Bonchev–Trinajstić information content (AvgIpc) is 3.13. The lowest BCUT2D eigenvalue weighted by Gasteiger charge is -2.17. The summed E-state index contributed by atoms with van der Waals surface area (Å²) in [6, 6.07) is 10.6. The van der Waals surface area contributed by atoms with Gasteiger partial charge in [-0.2, -0.15) is 4.52 Å². The van der Waals surface area contributed by atoms with Crippen LogP contribution in [0.3, 0.4) is 0 Å². The summed E-state index contributed by atoms with van der Waals surface area (Å²) >= 11 is 5.91. The highest BCUT2D eigenvalue weighted by molar-refractivity contribution is 6.30. The van der Waals surface area contributed by atoms with Crippen LogP contribution in [-0.2, 0) is 4.79 Å². The number of benzene rings is 1. The van der Waals surface area contributed by atoms with E-state index in [4.69, 9.17) is 11.6 Å². The maximum Gasteiger partial charge on any atom is 0.249 e. The Morgan fingerprint density at radius 3 is 2.75 bits per heavy atom. The summed E-state index contributed by atoms with van der Waals surface area (Å²) in [7, 11) is 0. The number of fused-ring (bicyclic) bond motifs is 1. The van der Waals surface area contributed by atoms with Crippen molar-refractivity contribution >= 4 is 34.7 Å². The topological polar surface area (TPSA) is 75.4 Å². The fourth-order valence-corrected chi connectivity index (χ4v) is 2.97. The van der Waals surface area contributed by atoms with Crippen LogP contribution in [0, 0.1) is 6.92 Å². The Hall–Kier alpha value is -2.67. The van der Waals surface area contributed by atoms with Crippen molar-refractivity contribution in [2.45, 2.75) is 19.4 Å². The van der Waals surface area contributed by atoms with Crippen LogP contribution in [0.5, 0.6) is 0 Å². The molecule has 1 unspecified atom stereocenters. The minimum absolute atomic E-state index is 0.0275. The van der Waals surface area contributed by atoms with Crippen molar-refractivity contribution in [3.8, 4) is 0 Å². The molecule has 3 aromatic rings. The molecule has 2 aromatic heterocycles. The maximum absolute atomic E-state index is 12.6. The highest BCUT2D eigenvalue weighted by atomic mass is 35.5. The van der Waals surface area contributed by atoms with Gasteiger partial charge < -0.3 is 10.2 Å². The van der Waals surface area contributed by atoms with E-state index < -0.39 is 0 Å². The second-order valence-electron chi connectivity index (χ2n) is 5.69. The molecular formula is C16H15ClN6O. The predicted octanol–water partition coefficient (Wildman–Crippen LogP) is 2.30. The van der Waals surface area contributed by atoms with Gasteiger partial charge in [0, 0.05) is 17.3 Å². The smallest absolute Gasteiger partial charge is 0.249 e. The zero-order valence-electron chi connectivity index (χ0n) is 13.0. The molecule has 24 heavy (non-hydrogen) atoms. The largest absolute Gasteiger partial charge is 0.357 e. The van der Waals surface area contributed by atoms with Crippen molar-refractivity contribution in [1.29, 1.82) is 0 Å². The van der Waals surface area contributed by atoms with Gasteiger partial charge in [-0.25, -0.2) is 0 Å². The first-order valence-electron chi connectivity index (χ1n) is 7.64. The Balaban J connectivity index is 1.53. The van der Waals surface area contributed by atoms with Gasteiger partial charge in [-0.3, -0.25) is 4.79 Å². The Labute approximate surface area is 143 Å². The van der Waals surface area contributed by atoms with E-state index in [2.05, 4.69) is 20.6 Å². The van der Waals surface area contributed by atoms with E-state index in [1.165, 1.54) is 0 Å². The van der Waals surface area contributed by atoms with Gasteiger partial charge in [0.1, 0.15) is 11.9 Å². The Kier molecular flexibility index (Phi) is 3.57. The molecule has 3 heterocycles. The number of anilines is 2. The molecule has 1 atom stereocenters. The molecule has 1 aliphatic heterocycles. The van der Waals surface area contributed by atoms with Crippen LogP contribution in [0.4, 0.5) is 11.5 Å². The number of carbonyl (C=O) groups is 1. The lowest BCUT2D eigenvalue weighted by Crippen LogP contribution is -2.33. The normalized spacial score (nSPS) is 17.7. The van der Waals surface area contributed by atoms with Crippen molar-refractivity contribution in [2.75, 3.05) is 16.8 Å².